The van der Waals surface area contributed by atoms with Crippen LogP contribution < -0.4 is 0 Å². The first-order chi connectivity index (χ1) is 13.9. The molecule has 0 fully saturated rings. The summed E-state index contributed by atoms with van der Waals surface area (Å²) in [6.07, 6.45) is 0.00411. The lowest BCUT2D eigenvalue weighted by molar-refractivity contribution is -0.137. The topological polar surface area (TPSA) is 51.1 Å². The summed E-state index contributed by atoms with van der Waals surface area (Å²) in [4.78, 5) is 19.3. The SMILES string of the molecule is COCC(=O)N(Cc1ccc(F)cc1F)CC1CC(c2ccc(Cl)c(Cl)c2)=NO1. The molecule has 2 aromatic carbocycles. The third-order valence-corrected chi connectivity index (χ3v) is 5.15. The van der Waals surface area contributed by atoms with Crippen molar-refractivity contribution in [3.8, 4) is 0 Å². The summed E-state index contributed by atoms with van der Waals surface area (Å²) in [5.74, 6) is -1.75. The molecule has 154 valence electrons. The summed E-state index contributed by atoms with van der Waals surface area (Å²) in [6.45, 7) is -0.0559. The summed E-state index contributed by atoms with van der Waals surface area (Å²) >= 11 is 12.0. The van der Waals surface area contributed by atoms with Gasteiger partial charge in [-0.15, -0.1) is 0 Å². The van der Waals surface area contributed by atoms with Gasteiger partial charge in [-0.3, -0.25) is 4.79 Å². The Morgan fingerprint density at radius 1 is 1.24 bits per heavy atom. The predicted octanol–water partition coefficient (Wildman–Crippen LogP) is 4.44. The number of methoxy groups -OCH3 is 1. The average molecular weight is 443 g/mol. The maximum atomic E-state index is 14.0. The van der Waals surface area contributed by atoms with Gasteiger partial charge in [0, 0.05) is 37.3 Å². The van der Waals surface area contributed by atoms with Gasteiger partial charge in [-0.2, -0.15) is 0 Å². The molecule has 2 aromatic rings. The van der Waals surface area contributed by atoms with Crippen LogP contribution in [-0.4, -0.2) is 42.9 Å². The lowest BCUT2D eigenvalue weighted by atomic mass is 10.0. The molecule has 0 saturated carbocycles. The number of hydrogen-bond acceptors (Lipinski definition) is 4. The molecule has 0 aromatic heterocycles. The van der Waals surface area contributed by atoms with Gasteiger partial charge < -0.3 is 14.5 Å². The quantitative estimate of drug-likeness (QED) is 0.636. The van der Waals surface area contributed by atoms with Crippen LogP contribution in [0.2, 0.25) is 10.0 Å². The van der Waals surface area contributed by atoms with Crippen LogP contribution >= 0.6 is 23.2 Å². The van der Waals surface area contributed by atoms with Crippen LogP contribution in [-0.2, 0) is 20.9 Å². The van der Waals surface area contributed by atoms with Crippen molar-refractivity contribution in [3.63, 3.8) is 0 Å². The third-order valence-electron chi connectivity index (χ3n) is 4.41. The molecule has 0 N–H and O–H groups in total. The van der Waals surface area contributed by atoms with Crippen LogP contribution in [0.5, 0.6) is 0 Å². The highest BCUT2D eigenvalue weighted by Crippen LogP contribution is 2.26. The van der Waals surface area contributed by atoms with Crippen molar-refractivity contribution < 1.29 is 23.1 Å². The molecule has 0 saturated heterocycles. The van der Waals surface area contributed by atoms with Crippen LogP contribution in [0.1, 0.15) is 17.5 Å². The van der Waals surface area contributed by atoms with Crippen molar-refractivity contribution >= 4 is 34.8 Å². The Hall–Kier alpha value is -2.22. The van der Waals surface area contributed by atoms with E-state index in [0.717, 1.165) is 17.7 Å². The van der Waals surface area contributed by atoms with Gasteiger partial charge in [-0.25, -0.2) is 8.78 Å². The van der Waals surface area contributed by atoms with E-state index in [9.17, 15) is 13.6 Å². The summed E-state index contributed by atoms with van der Waals surface area (Å²) in [6, 6.07) is 8.38. The minimum atomic E-state index is -0.722. The molecule has 0 aliphatic carbocycles. The second-order valence-electron chi connectivity index (χ2n) is 6.54. The van der Waals surface area contributed by atoms with Crippen molar-refractivity contribution in [1.29, 1.82) is 0 Å². The Balaban J connectivity index is 1.70. The van der Waals surface area contributed by atoms with Gasteiger partial charge in [-0.1, -0.05) is 40.5 Å². The normalized spacial score (nSPS) is 15.8. The number of carbonyl (C=O) groups is 1. The molecule has 9 heteroatoms. The van der Waals surface area contributed by atoms with Crippen LogP contribution in [0.3, 0.4) is 0 Å². The van der Waals surface area contributed by atoms with E-state index >= 15 is 0 Å². The van der Waals surface area contributed by atoms with Gasteiger partial charge in [0.2, 0.25) is 5.91 Å². The molecule has 1 aliphatic heterocycles. The molecule has 1 amide bonds. The van der Waals surface area contributed by atoms with Gasteiger partial charge in [0.15, 0.2) is 6.10 Å². The first kappa shape index (κ1) is 21.5. The summed E-state index contributed by atoms with van der Waals surface area (Å²) in [7, 11) is 1.39. The van der Waals surface area contributed by atoms with E-state index in [0.29, 0.717) is 22.2 Å². The smallest absolute Gasteiger partial charge is 0.248 e. The minimum absolute atomic E-state index is 0.0454. The van der Waals surface area contributed by atoms with E-state index in [1.165, 1.54) is 18.1 Å². The van der Waals surface area contributed by atoms with Gasteiger partial charge in [0.1, 0.15) is 18.2 Å². The zero-order valence-corrected chi connectivity index (χ0v) is 17.0. The van der Waals surface area contributed by atoms with Gasteiger partial charge in [0.05, 0.1) is 22.3 Å². The number of ether oxygens (including phenoxy) is 1. The van der Waals surface area contributed by atoms with Gasteiger partial charge in [0.25, 0.3) is 0 Å². The fourth-order valence-electron chi connectivity index (χ4n) is 2.94. The highest BCUT2D eigenvalue weighted by atomic mass is 35.5. The number of rotatable bonds is 7. The van der Waals surface area contributed by atoms with E-state index in [4.69, 9.17) is 32.8 Å². The Morgan fingerprint density at radius 2 is 2.03 bits per heavy atom. The third kappa shape index (κ3) is 5.44. The Labute approximate surface area is 176 Å². The number of hydrogen-bond donors (Lipinski definition) is 0. The van der Waals surface area contributed by atoms with Gasteiger partial charge >= 0.3 is 0 Å². The molecule has 1 aliphatic rings. The zero-order chi connectivity index (χ0) is 21.0. The van der Waals surface area contributed by atoms with Crippen LogP contribution in [0, 0.1) is 11.6 Å². The highest BCUT2D eigenvalue weighted by Gasteiger charge is 2.27. The lowest BCUT2D eigenvalue weighted by Crippen LogP contribution is -2.39. The first-order valence-corrected chi connectivity index (χ1v) is 9.51. The van der Waals surface area contributed by atoms with E-state index in [1.54, 1.807) is 18.2 Å². The van der Waals surface area contributed by atoms with Crippen molar-refractivity contribution in [2.45, 2.75) is 19.1 Å². The fourth-order valence-corrected chi connectivity index (χ4v) is 3.24. The highest BCUT2D eigenvalue weighted by molar-refractivity contribution is 6.42. The second-order valence-corrected chi connectivity index (χ2v) is 7.36. The molecule has 3 rings (SSSR count). The molecule has 0 bridgehead atoms. The van der Waals surface area contributed by atoms with E-state index in [1.807, 2.05) is 0 Å². The van der Waals surface area contributed by atoms with Gasteiger partial charge in [-0.05, 0) is 18.2 Å². The summed E-state index contributed by atoms with van der Waals surface area (Å²) in [5, 5.41) is 4.91. The van der Waals surface area contributed by atoms with Crippen LogP contribution in [0.15, 0.2) is 41.6 Å². The number of halogens is 4. The number of nitrogens with zero attached hydrogens (tertiary/aromatic N) is 2. The Bertz CT molecular complexity index is 940. The number of amides is 1. The average Bonchev–Trinajstić information content (AvgIpc) is 3.14. The van der Waals surface area contributed by atoms with Crippen molar-refractivity contribution in [1.82, 2.24) is 4.90 Å². The monoisotopic (exact) mass is 442 g/mol. The molecule has 1 unspecified atom stereocenters. The Kier molecular flexibility index (Phi) is 7.05. The largest absolute Gasteiger partial charge is 0.390 e. The van der Waals surface area contributed by atoms with E-state index < -0.39 is 17.7 Å². The maximum absolute atomic E-state index is 14.0. The number of carbonyl (C=O) groups excluding carboxylic acids is 1. The molecular weight excluding hydrogens is 425 g/mol. The van der Waals surface area contributed by atoms with E-state index in [2.05, 4.69) is 5.16 Å². The zero-order valence-electron chi connectivity index (χ0n) is 15.5. The second kappa shape index (κ2) is 9.52. The van der Waals surface area contributed by atoms with Crippen molar-refractivity contribution in [3.05, 3.63) is 69.2 Å². The van der Waals surface area contributed by atoms with Crippen LogP contribution in [0.25, 0.3) is 0 Å². The number of oxime groups is 1. The van der Waals surface area contributed by atoms with E-state index in [-0.39, 0.29) is 31.2 Å². The lowest BCUT2D eigenvalue weighted by Gasteiger charge is -2.25. The molecule has 0 radical (unpaired) electrons. The van der Waals surface area contributed by atoms with Crippen LogP contribution in [0.4, 0.5) is 8.78 Å². The molecular formula is C20H18Cl2F2N2O3. The standard InChI is InChI=1S/C20H18Cl2F2N2O3/c1-28-11-20(27)26(9-13-2-4-14(23)7-18(13)24)10-15-8-19(25-29-15)12-3-5-16(21)17(22)6-12/h2-7,15H,8-11H2,1H3. The predicted molar refractivity (Wildman–Crippen MR) is 106 cm³/mol. The molecule has 5 nitrogen and oxygen atoms in total. The fraction of sp³-hybridized carbons (Fsp3) is 0.300. The Morgan fingerprint density at radius 3 is 2.72 bits per heavy atom. The molecule has 29 heavy (non-hydrogen) atoms. The molecule has 0 spiro atoms. The maximum Gasteiger partial charge on any atom is 0.248 e. The number of benzene rings is 2. The summed E-state index contributed by atoms with van der Waals surface area (Å²) in [5.41, 5.74) is 1.63. The van der Waals surface area contributed by atoms with Crippen molar-refractivity contribution in [2.75, 3.05) is 20.3 Å². The molecule has 1 atom stereocenters. The first-order valence-electron chi connectivity index (χ1n) is 8.76. The van der Waals surface area contributed by atoms with Crippen molar-refractivity contribution in [2.24, 2.45) is 5.16 Å². The molecule has 1 heterocycles. The minimum Gasteiger partial charge on any atom is -0.390 e. The summed E-state index contributed by atoms with van der Waals surface area (Å²) < 4.78 is 32.1.